The van der Waals surface area contributed by atoms with Crippen LogP contribution in [0.3, 0.4) is 0 Å². The number of hydrogen-bond acceptors (Lipinski definition) is 7. The highest BCUT2D eigenvalue weighted by Crippen LogP contribution is 2.35. The molecule has 0 bridgehead atoms. The molecule has 1 saturated heterocycles. The van der Waals surface area contributed by atoms with Gasteiger partial charge in [-0.3, -0.25) is 10.1 Å². The third-order valence-corrected chi connectivity index (χ3v) is 3.48. The molecule has 20 heavy (non-hydrogen) atoms. The average molecular weight is 281 g/mol. The lowest BCUT2D eigenvalue weighted by atomic mass is 10.0. The van der Waals surface area contributed by atoms with Crippen molar-refractivity contribution in [2.24, 2.45) is 0 Å². The first kappa shape index (κ1) is 14.4. The predicted molar refractivity (Wildman–Crippen MR) is 74.2 cm³/mol. The fraction of sp³-hybridized carbons (Fsp3) is 0.667. The molecule has 2 heterocycles. The van der Waals surface area contributed by atoms with E-state index < -0.39 is 4.92 Å². The Bertz CT molecular complexity index is 480. The van der Waals surface area contributed by atoms with Crippen molar-refractivity contribution >= 4 is 11.5 Å². The van der Waals surface area contributed by atoms with Crippen LogP contribution < -0.4 is 15.0 Å². The summed E-state index contributed by atoms with van der Waals surface area (Å²) in [5.41, 5.74) is -0.155. The van der Waals surface area contributed by atoms with Crippen LogP contribution in [-0.2, 0) is 0 Å². The number of nitro groups is 1. The summed E-state index contributed by atoms with van der Waals surface area (Å²) < 4.78 is 5.00. The topological polar surface area (TPSA) is 93.4 Å². The van der Waals surface area contributed by atoms with E-state index in [4.69, 9.17) is 4.74 Å². The van der Waals surface area contributed by atoms with Gasteiger partial charge in [0.25, 0.3) is 5.88 Å². The lowest BCUT2D eigenvalue weighted by Gasteiger charge is -2.36. The maximum Gasteiger partial charge on any atom is 0.372 e. The molecule has 0 spiro atoms. The summed E-state index contributed by atoms with van der Waals surface area (Å²) in [6.07, 6.45) is 4.43. The number of methoxy groups -OCH3 is 1. The largest absolute Gasteiger partial charge is 0.476 e. The van der Waals surface area contributed by atoms with Crippen LogP contribution in [0.2, 0.25) is 0 Å². The zero-order valence-electron chi connectivity index (χ0n) is 11.7. The third kappa shape index (κ3) is 2.79. The summed E-state index contributed by atoms with van der Waals surface area (Å²) in [5, 5.41) is 14.4. The number of rotatable bonds is 5. The predicted octanol–water partition coefficient (Wildman–Crippen LogP) is 0.972. The lowest BCUT2D eigenvalue weighted by molar-refractivity contribution is -0.385. The van der Waals surface area contributed by atoms with Crippen LogP contribution in [0.25, 0.3) is 0 Å². The molecule has 110 valence electrons. The molecule has 0 aliphatic carbocycles. The van der Waals surface area contributed by atoms with Gasteiger partial charge in [-0.1, -0.05) is 0 Å². The number of hydrogen-bond donors (Lipinski definition) is 1. The molecule has 0 amide bonds. The molecule has 8 heteroatoms. The van der Waals surface area contributed by atoms with Crippen molar-refractivity contribution in [1.29, 1.82) is 0 Å². The maximum atomic E-state index is 11.3. The van der Waals surface area contributed by atoms with Crippen molar-refractivity contribution in [3.05, 3.63) is 16.4 Å². The van der Waals surface area contributed by atoms with Gasteiger partial charge in [0.15, 0.2) is 0 Å². The molecule has 1 atom stereocenters. The number of ether oxygens (including phenoxy) is 1. The van der Waals surface area contributed by atoms with Crippen molar-refractivity contribution in [3.8, 4) is 5.88 Å². The molecule has 0 saturated carbocycles. The zero-order chi connectivity index (χ0) is 14.5. The van der Waals surface area contributed by atoms with E-state index in [1.54, 1.807) is 0 Å². The Morgan fingerprint density at radius 1 is 1.55 bits per heavy atom. The van der Waals surface area contributed by atoms with Crippen molar-refractivity contribution < 1.29 is 9.66 Å². The van der Waals surface area contributed by atoms with Gasteiger partial charge in [-0.2, -0.15) is 4.98 Å². The fourth-order valence-electron chi connectivity index (χ4n) is 2.60. The molecule has 2 rings (SSSR count). The van der Waals surface area contributed by atoms with Gasteiger partial charge in [0.05, 0.1) is 12.0 Å². The lowest BCUT2D eigenvalue weighted by Crippen LogP contribution is -2.45. The normalized spacial score (nSPS) is 18.9. The number of anilines is 1. The van der Waals surface area contributed by atoms with Gasteiger partial charge >= 0.3 is 5.69 Å². The van der Waals surface area contributed by atoms with Crippen molar-refractivity contribution in [2.45, 2.75) is 25.3 Å². The molecule has 1 unspecified atom stereocenters. The Kier molecular flexibility index (Phi) is 4.67. The van der Waals surface area contributed by atoms with Crippen LogP contribution in [0, 0.1) is 10.1 Å². The Morgan fingerprint density at radius 3 is 3.00 bits per heavy atom. The first-order chi connectivity index (χ1) is 9.69. The summed E-state index contributed by atoms with van der Waals surface area (Å²) in [4.78, 5) is 20.8. The number of piperidine rings is 1. The van der Waals surface area contributed by atoms with Gasteiger partial charge in [0.1, 0.15) is 6.33 Å². The Morgan fingerprint density at radius 2 is 2.35 bits per heavy atom. The first-order valence-electron chi connectivity index (χ1n) is 6.63. The molecule has 1 aliphatic heterocycles. The summed E-state index contributed by atoms with van der Waals surface area (Å²) in [5.74, 6) is 0.357. The number of nitrogens with one attached hydrogen (secondary N) is 1. The third-order valence-electron chi connectivity index (χ3n) is 3.48. The molecule has 1 fully saturated rings. The maximum absolute atomic E-state index is 11.3. The Balaban J connectivity index is 2.41. The quantitative estimate of drug-likeness (QED) is 0.635. The summed E-state index contributed by atoms with van der Waals surface area (Å²) in [6.45, 7) is 1.52. The summed E-state index contributed by atoms with van der Waals surface area (Å²) in [6, 6.07) is 0.201. The van der Waals surface area contributed by atoms with Gasteiger partial charge < -0.3 is 15.0 Å². The Labute approximate surface area is 117 Å². The van der Waals surface area contributed by atoms with Gasteiger partial charge in [0.2, 0.25) is 5.82 Å². The second-order valence-corrected chi connectivity index (χ2v) is 4.71. The summed E-state index contributed by atoms with van der Waals surface area (Å²) >= 11 is 0. The van der Waals surface area contributed by atoms with E-state index in [2.05, 4.69) is 15.3 Å². The molecule has 1 N–H and O–H groups in total. The minimum absolute atomic E-state index is 0.00813. The second kappa shape index (κ2) is 6.47. The van der Waals surface area contributed by atoms with Crippen LogP contribution in [0.4, 0.5) is 11.5 Å². The van der Waals surface area contributed by atoms with Crippen LogP contribution in [-0.4, -0.2) is 48.2 Å². The standard InChI is InChI=1S/C12H19N5O3/c1-13-7-9-5-3-4-6-16(9)11-10(17(18)19)12(20-2)15-8-14-11/h8-9,13H,3-7H2,1-2H3. The van der Waals surface area contributed by atoms with E-state index in [0.29, 0.717) is 5.82 Å². The minimum atomic E-state index is -0.473. The van der Waals surface area contributed by atoms with E-state index in [1.165, 1.54) is 13.4 Å². The molecular weight excluding hydrogens is 262 g/mol. The molecule has 1 aromatic rings. The highest BCUT2D eigenvalue weighted by molar-refractivity contribution is 5.63. The number of aromatic nitrogens is 2. The SMILES string of the molecule is CNCC1CCCCN1c1ncnc(OC)c1[N+](=O)[O-]. The highest BCUT2D eigenvalue weighted by Gasteiger charge is 2.32. The van der Waals surface area contributed by atoms with Gasteiger partial charge in [-0.05, 0) is 26.3 Å². The molecule has 0 radical (unpaired) electrons. The average Bonchev–Trinajstić information content (AvgIpc) is 2.47. The van der Waals surface area contributed by atoms with E-state index in [1.807, 2.05) is 11.9 Å². The van der Waals surface area contributed by atoms with Crippen LogP contribution >= 0.6 is 0 Å². The zero-order valence-corrected chi connectivity index (χ0v) is 11.7. The van der Waals surface area contributed by atoms with E-state index in [-0.39, 0.29) is 17.6 Å². The van der Waals surface area contributed by atoms with E-state index >= 15 is 0 Å². The van der Waals surface area contributed by atoms with Crippen LogP contribution in [0.5, 0.6) is 5.88 Å². The molecule has 0 aromatic carbocycles. The molecule has 1 aliphatic rings. The van der Waals surface area contributed by atoms with Gasteiger partial charge in [-0.25, -0.2) is 4.98 Å². The monoisotopic (exact) mass is 281 g/mol. The van der Waals surface area contributed by atoms with Gasteiger partial charge in [0, 0.05) is 19.1 Å². The fourth-order valence-corrected chi connectivity index (χ4v) is 2.60. The summed E-state index contributed by atoms with van der Waals surface area (Å²) in [7, 11) is 3.25. The minimum Gasteiger partial charge on any atom is -0.476 e. The van der Waals surface area contributed by atoms with E-state index in [9.17, 15) is 10.1 Å². The van der Waals surface area contributed by atoms with Crippen molar-refractivity contribution in [2.75, 3.05) is 32.1 Å². The molecule has 8 nitrogen and oxygen atoms in total. The molecule has 1 aromatic heterocycles. The number of likely N-dealkylation sites (N-methyl/N-ethyl adjacent to an activating group) is 1. The van der Waals surface area contributed by atoms with Gasteiger partial charge in [-0.15, -0.1) is 0 Å². The van der Waals surface area contributed by atoms with Crippen molar-refractivity contribution in [3.63, 3.8) is 0 Å². The second-order valence-electron chi connectivity index (χ2n) is 4.71. The molecular formula is C12H19N5O3. The van der Waals surface area contributed by atoms with Crippen LogP contribution in [0.15, 0.2) is 6.33 Å². The highest BCUT2D eigenvalue weighted by atomic mass is 16.6. The number of nitrogens with zero attached hydrogens (tertiary/aromatic N) is 4. The Hall–Kier alpha value is -1.96. The van der Waals surface area contributed by atoms with Crippen molar-refractivity contribution in [1.82, 2.24) is 15.3 Å². The smallest absolute Gasteiger partial charge is 0.372 e. The first-order valence-corrected chi connectivity index (χ1v) is 6.63. The van der Waals surface area contributed by atoms with Crippen LogP contribution in [0.1, 0.15) is 19.3 Å². The van der Waals surface area contributed by atoms with E-state index in [0.717, 1.165) is 32.4 Å².